The second kappa shape index (κ2) is 7.32. The number of carbonyl (C=O) groups is 1. The predicted octanol–water partition coefficient (Wildman–Crippen LogP) is 1.76. The van der Waals surface area contributed by atoms with E-state index in [2.05, 4.69) is 4.98 Å². The molecule has 1 atom stereocenters. The van der Waals surface area contributed by atoms with Crippen molar-refractivity contribution in [2.45, 2.75) is 43.8 Å². The fraction of sp³-hybridized carbons (Fsp3) is 0.444. The van der Waals surface area contributed by atoms with Crippen molar-refractivity contribution >= 4 is 16.0 Å². The molecule has 3 rings (SSSR count). The maximum Gasteiger partial charge on any atom is 0.324 e. The van der Waals surface area contributed by atoms with Crippen molar-refractivity contribution in [3.8, 4) is 5.75 Å². The second-order valence-corrected chi connectivity index (χ2v) is 8.50. The minimum atomic E-state index is -3.92. The number of fused-ring (bicyclic) bond motifs is 1. The number of carbonyl (C=O) groups excluding carboxylic acids is 1. The Hall–Kier alpha value is -2.39. The molecule has 0 saturated carbocycles. The highest BCUT2D eigenvalue weighted by molar-refractivity contribution is 7.89. The van der Waals surface area contributed by atoms with Crippen LogP contribution >= 0.6 is 0 Å². The van der Waals surface area contributed by atoms with Crippen molar-refractivity contribution in [3.63, 3.8) is 0 Å². The number of benzene rings is 1. The van der Waals surface area contributed by atoms with Gasteiger partial charge in [-0.15, -0.1) is 0 Å². The lowest BCUT2D eigenvalue weighted by Gasteiger charge is -2.33. The van der Waals surface area contributed by atoms with Gasteiger partial charge in [-0.25, -0.2) is 13.4 Å². The zero-order valence-corrected chi connectivity index (χ0v) is 16.6. The van der Waals surface area contributed by atoms with E-state index in [1.54, 1.807) is 18.5 Å². The van der Waals surface area contributed by atoms with Crippen molar-refractivity contribution < 1.29 is 22.7 Å². The topological polar surface area (TPSA) is 90.7 Å². The number of ether oxygens (including phenoxy) is 2. The van der Waals surface area contributed by atoms with Crippen molar-refractivity contribution in [1.82, 2.24) is 13.9 Å². The molecule has 9 heteroatoms. The van der Waals surface area contributed by atoms with Crippen LogP contribution in [0.15, 0.2) is 35.5 Å². The molecule has 0 fully saturated rings. The lowest BCUT2D eigenvalue weighted by molar-refractivity contribution is -0.145. The molecular formula is C18H23N3O5S. The Morgan fingerprint density at radius 2 is 1.89 bits per heavy atom. The molecule has 0 N–H and O–H groups in total. The van der Waals surface area contributed by atoms with Crippen LogP contribution in [0.5, 0.6) is 5.75 Å². The van der Waals surface area contributed by atoms with Crippen molar-refractivity contribution in [2.24, 2.45) is 0 Å². The molecule has 2 aromatic rings. The molecule has 0 aliphatic carbocycles. The minimum absolute atomic E-state index is 0.0572. The first-order chi connectivity index (χ1) is 12.8. The van der Waals surface area contributed by atoms with Gasteiger partial charge in [-0.3, -0.25) is 4.79 Å². The van der Waals surface area contributed by atoms with Gasteiger partial charge in [-0.2, -0.15) is 4.31 Å². The van der Waals surface area contributed by atoms with Crippen LogP contribution < -0.4 is 4.74 Å². The van der Waals surface area contributed by atoms with E-state index in [0.717, 1.165) is 11.4 Å². The van der Waals surface area contributed by atoms with Gasteiger partial charge in [-0.1, -0.05) is 0 Å². The first kappa shape index (κ1) is 19.4. The van der Waals surface area contributed by atoms with Crippen molar-refractivity contribution in [2.75, 3.05) is 14.2 Å². The molecule has 27 heavy (non-hydrogen) atoms. The highest BCUT2D eigenvalue weighted by Gasteiger charge is 2.42. The van der Waals surface area contributed by atoms with E-state index >= 15 is 0 Å². The van der Waals surface area contributed by atoms with E-state index in [1.807, 2.05) is 18.4 Å². The monoisotopic (exact) mass is 393 g/mol. The quantitative estimate of drug-likeness (QED) is 0.719. The zero-order chi connectivity index (χ0) is 19.8. The summed E-state index contributed by atoms with van der Waals surface area (Å²) in [5, 5.41) is 0. The Bertz CT molecular complexity index is 934. The zero-order valence-electron chi connectivity index (χ0n) is 15.7. The maximum absolute atomic E-state index is 13.3. The molecule has 146 valence electrons. The third-order valence-corrected chi connectivity index (χ3v) is 6.59. The lowest BCUT2D eigenvalue weighted by Crippen LogP contribution is -2.49. The van der Waals surface area contributed by atoms with Gasteiger partial charge in [0.2, 0.25) is 10.0 Å². The number of rotatable bonds is 5. The van der Waals surface area contributed by atoms with Crippen LogP contribution in [0.25, 0.3) is 0 Å². The van der Waals surface area contributed by atoms with Crippen LogP contribution in [-0.2, 0) is 32.5 Å². The first-order valence-corrected chi connectivity index (χ1v) is 10.0. The summed E-state index contributed by atoms with van der Waals surface area (Å²) < 4.78 is 39.6. The van der Waals surface area contributed by atoms with E-state index in [0.29, 0.717) is 5.75 Å². The van der Waals surface area contributed by atoms with Crippen LogP contribution in [0.3, 0.4) is 0 Å². The number of esters is 1. The minimum Gasteiger partial charge on any atom is -0.497 e. The summed E-state index contributed by atoms with van der Waals surface area (Å²) in [6, 6.07) is 5.27. The van der Waals surface area contributed by atoms with E-state index in [1.165, 1.54) is 30.7 Å². The van der Waals surface area contributed by atoms with Gasteiger partial charge in [0.05, 0.1) is 43.4 Å². The fourth-order valence-corrected chi connectivity index (χ4v) is 4.77. The average molecular weight is 393 g/mol. The summed E-state index contributed by atoms with van der Waals surface area (Å²) >= 11 is 0. The van der Waals surface area contributed by atoms with Gasteiger partial charge < -0.3 is 14.0 Å². The summed E-state index contributed by atoms with van der Waals surface area (Å²) in [7, 11) is -1.16. The van der Waals surface area contributed by atoms with Crippen LogP contribution in [-0.4, -0.2) is 48.5 Å². The molecule has 1 aliphatic heterocycles. The molecule has 1 aromatic heterocycles. The Morgan fingerprint density at radius 1 is 1.22 bits per heavy atom. The van der Waals surface area contributed by atoms with E-state index in [-0.39, 0.29) is 23.9 Å². The van der Waals surface area contributed by atoms with E-state index < -0.39 is 22.0 Å². The van der Waals surface area contributed by atoms with Gasteiger partial charge in [0, 0.05) is 12.5 Å². The largest absolute Gasteiger partial charge is 0.497 e. The number of sulfonamides is 1. The van der Waals surface area contributed by atoms with Gasteiger partial charge >= 0.3 is 5.97 Å². The maximum atomic E-state index is 13.3. The van der Waals surface area contributed by atoms with Gasteiger partial charge in [0.15, 0.2) is 0 Å². The molecule has 0 amide bonds. The number of imidazole rings is 1. The van der Waals surface area contributed by atoms with Crippen LogP contribution in [0.1, 0.15) is 31.3 Å². The fourth-order valence-electron chi connectivity index (χ4n) is 3.23. The molecule has 1 aliphatic rings. The standard InChI is InChI=1S/C18H23N3O5S/c1-12(2)20-11-19-15-9-16(18(22)26-4)21(10-17(15)20)27(23,24)14-7-5-13(25-3)6-8-14/h5-8,11-12,16H,9-10H2,1-4H3/t16-/m0/s1. The predicted molar refractivity (Wildman–Crippen MR) is 97.8 cm³/mol. The van der Waals surface area contributed by atoms with Crippen LogP contribution in [0.2, 0.25) is 0 Å². The summed E-state index contributed by atoms with van der Waals surface area (Å²) in [5.41, 5.74) is 1.52. The smallest absolute Gasteiger partial charge is 0.324 e. The third-order valence-electron chi connectivity index (χ3n) is 4.72. The van der Waals surface area contributed by atoms with Gasteiger partial charge in [0.25, 0.3) is 0 Å². The Morgan fingerprint density at radius 3 is 2.44 bits per heavy atom. The molecule has 0 radical (unpaired) electrons. The van der Waals surface area contributed by atoms with Gasteiger partial charge in [-0.05, 0) is 38.1 Å². The molecule has 0 bridgehead atoms. The Kier molecular flexibility index (Phi) is 5.25. The summed E-state index contributed by atoms with van der Waals surface area (Å²) in [6.07, 6.45) is 1.87. The SMILES string of the molecule is COC(=O)[C@@H]1Cc2ncn(C(C)C)c2CN1S(=O)(=O)c1ccc(OC)cc1. The molecule has 0 saturated heterocycles. The highest BCUT2D eigenvalue weighted by Crippen LogP contribution is 2.31. The van der Waals surface area contributed by atoms with Crippen LogP contribution in [0, 0.1) is 0 Å². The molecular weight excluding hydrogens is 370 g/mol. The summed E-state index contributed by atoms with van der Waals surface area (Å²) in [4.78, 5) is 16.8. The summed E-state index contributed by atoms with van der Waals surface area (Å²) in [5.74, 6) is -0.0471. The van der Waals surface area contributed by atoms with Crippen molar-refractivity contribution in [1.29, 1.82) is 0 Å². The Labute approximate surface area is 158 Å². The number of methoxy groups -OCH3 is 2. The lowest BCUT2D eigenvalue weighted by atomic mass is 10.1. The van der Waals surface area contributed by atoms with Crippen molar-refractivity contribution in [3.05, 3.63) is 42.0 Å². The Balaban J connectivity index is 2.05. The number of nitrogens with zero attached hydrogens (tertiary/aromatic N) is 3. The van der Waals surface area contributed by atoms with Crippen LogP contribution in [0.4, 0.5) is 0 Å². The number of hydrogen-bond donors (Lipinski definition) is 0. The van der Waals surface area contributed by atoms with Gasteiger partial charge in [0.1, 0.15) is 11.8 Å². The number of aromatic nitrogens is 2. The number of hydrogen-bond acceptors (Lipinski definition) is 6. The average Bonchev–Trinajstić information content (AvgIpc) is 3.09. The normalized spacial score (nSPS) is 17.6. The molecule has 0 spiro atoms. The second-order valence-electron chi connectivity index (χ2n) is 6.61. The third kappa shape index (κ3) is 3.44. The molecule has 2 heterocycles. The molecule has 0 unspecified atom stereocenters. The highest BCUT2D eigenvalue weighted by atomic mass is 32.2. The summed E-state index contributed by atoms with van der Waals surface area (Å²) in [6.45, 7) is 4.05. The first-order valence-electron chi connectivity index (χ1n) is 8.58. The van der Waals surface area contributed by atoms with E-state index in [9.17, 15) is 13.2 Å². The molecule has 1 aromatic carbocycles. The molecule has 8 nitrogen and oxygen atoms in total. The van der Waals surface area contributed by atoms with E-state index in [4.69, 9.17) is 9.47 Å².